The van der Waals surface area contributed by atoms with Crippen molar-refractivity contribution in [3.63, 3.8) is 0 Å². The van der Waals surface area contributed by atoms with Gasteiger partial charge in [0.2, 0.25) is 0 Å². The Kier molecular flexibility index (Phi) is 2.74. The fraction of sp³-hybridized carbons (Fsp3) is 0.0625. The second kappa shape index (κ2) is 4.64. The molecule has 4 rings (SSSR count). The average Bonchev–Trinajstić information content (AvgIpc) is 3.06. The minimum atomic E-state index is -0.395. The van der Waals surface area contributed by atoms with Crippen molar-refractivity contribution in [1.29, 1.82) is 0 Å². The van der Waals surface area contributed by atoms with Gasteiger partial charge in [0, 0.05) is 17.5 Å². The molecule has 6 heteroatoms. The Labute approximate surface area is 129 Å². The second-order valence-electron chi connectivity index (χ2n) is 5.15. The lowest BCUT2D eigenvalue weighted by Crippen LogP contribution is -1.89. The van der Waals surface area contributed by atoms with Crippen molar-refractivity contribution < 1.29 is 4.92 Å². The van der Waals surface area contributed by atoms with Gasteiger partial charge in [0.05, 0.1) is 21.7 Å². The summed E-state index contributed by atoms with van der Waals surface area (Å²) >= 11 is 1.53. The zero-order valence-corrected chi connectivity index (χ0v) is 12.5. The zero-order chi connectivity index (χ0) is 15.3. The van der Waals surface area contributed by atoms with E-state index < -0.39 is 4.92 Å². The molecule has 0 amide bonds. The van der Waals surface area contributed by atoms with E-state index in [0.717, 1.165) is 21.7 Å². The molecule has 0 fully saturated rings. The highest BCUT2D eigenvalue weighted by molar-refractivity contribution is 7.15. The van der Waals surface area contributed by atoms with E-state index in [2.05, 4.69) is 41.6 Å². The standard InChI is InChI=1S/C16H11N3O2S/c1-10-2-4-11(5-3-10)15-9-22-16-17-13-8-12(19(20)21)6-7-14(13)18(15)16/h2-9H,1H3. The molecule has 0 spiro atoms. The summed E-state index contributed by atoms with van der Waals surface area (Å²) in [6, 6.07) is 13.1. The van der Waals surface area contributed by atoms with Crippen LogP contribution in [0, 0.1) is 17.0 Å². The molecule has 2 aromatic carbocycles. The van der Waals surface area contributed by atoms with Gasteiger partial charge >= 0.3 is 0 Å². The first-order valence-corrected chi connectivity index (χ1v) is 7.62. The number of benzene rings is 2. The number of imidazole rings is 1. The summed E-state index contributed by atoms with van der Waals surface area (Å²) in [5.74, 6) is 0. The van der Waals surface area contributed by atoms with Crippen LogP contribution in [0.1, 0.15) is 5.56 Å². The van der Waals surface area contributed by atoms with E-state index in [1.165, 1.54) is 29.0 Å². The number of rotatable bonds is 2. The fourth-order valence-corrected chi connectivity index (χ4v) is 3.47. The molecule has 5 nitrogen and oxygen atoms in total. The van der Waals surface area contributed by atoms with E-state index in [9.17, 15) is 10.1 Å². The van der Waals surface area contributed by atoms with Crippen LogP contribution >= 0.6 is 11.3 Å². The highest BCUT2D eigenvalue weighted by Gasteiger charge is 2.15. The lowest BCUT2D eigenvalue weighted by molar-refractivity contribution is -0.384. The van der Waals surface area contributed by atoms with Gasteiger partial charge in [-0.3, -0.25) is 14.5 Å². The fourth-order valence-electron chi connectivity index (χ4n) is 2.55. The first kappa shape index (κ1) is 13.0. The predicted octanol–water partition coefficient (Wildman–Crippen LogP) is 4.43. The molecule has 0 unspecified atom stereocenters. The Bertz CT molecular complexity index is 1020. The third kappa shape index (κ3) is 1.88. The molecular formula is C16H11N3O2S. The number of nitro benzene ring substituents is 1. The van der Waals surface area contributed by atoms with Crippen LogP contribution in [0.2, 0.25) is 0 Å². The van der Waals surface area contributed by atoms with Gasteiger partial charge in [0.25, 0.3) is 5.69 Å². The molecule has 0 aliphatic rings. The number of hydrogen-bond donors (Lipinski definition) is 0. The van der Waals surface area contributed by atoms with Gasteiger partial charge in [-0.05, 0) is 18.6 Å². The van der Waals surface area contributed by atoms with Crippen LogP contribution in [0.3, 0.4) is 0 Å². The third-order valence-corrected chi connectivity index (χ3v) is 4.51. The number of aryl methyl sites for hydroxylation is 1. The molecule has 4 aromatic rings. The number of fused-ring (bicyclic) bond motifs is 3. The van der Waals surface area contributed by atoms with Crippen LogP contribution in [0.4, 0.5) is 5.69 Å². The normalized spacial score (nSPS) is 11.3. The third-order valence-electron chi connectivity index (χ3n) is 3.68. The highest BCUT2D eigenvalue weighted by atomic mass is 32.1. The van der Waals surface area contributed by atoms with Crippen molar-refractivity contribution in [3.8, 4) is 11.3 Å². The average molecular weight is 309 g/mol. The SMILES string of the molecule is Cc1ccc(-c2csc3nc4cc([N+](=O)[O-])ccc4n23)cc1. The van der Waals surface area contributed by atoms with E-state index in [4.69, 9.17) is 0 Å². The van der Waals surface area contributed by atoms with Gasteiger partial charge < -0.3 is 0 Å². The first-order chi connectivity index (χ1) is 10.6. The summed E-state index contributed by atoms with van der Waals surface area (Å²) < 4.78 is 2.05. The smallest absolute Gasteiger partial charge is 0.271 e. The van der Waals surface area contributed by atoms with Gasteiger partial charge in [0.1, 0.15) is 0 Å². The van der Waals surface area contributed by atoms with E-state index >= 15 is 0 Å². The Morgan fingerprint density at radius 2 is 1.95 bits per heavy atom. The molecule has 22 heavy (non-hydrogen) atoms. The van der Waals surface area contributed by atoms with Crippen molar-refractivity contribution in [3.05, 3.63) is 63.5 Å². The van der Waals surface area contributed by atoms with Gasteiger partial charge in [-0.15, -0.1) is 11.3 Å². The number of nitro groups is 1. The Morgan fingerprint density at radius 3 is 2.68 bits per heavy atom. The molecule has 108 valence electrons. The van der Waals surface area contributed by atoms with Crippen LogP contribution < -0.4 is 0 Å². The molecule has 0 N–H and O–H groups in total. The largest absolute Gasteiger partial charge is 0.283 e. The predicted molar refractivity (Wildman–Crippen MR) is 87.4 cm³/mol. The lowest BCUT2D eigenvalue weighted by atomic mass is 10.1. The Morgan fingerprint density at radius 1 is 1.18 bits per heavy atom. The summed E-state index contributed by atoms with van der Waals surface area (Å²) in [6.07, 6.45) is 0. The molecule has 0 aliphatic carbocycles. The monoisotopic (exact) mass is 309 g/mol. The number of thiazole rings is 1. The number of non-ortho nitro benzene ring substituents is 1. The topological polar surface area (TPSA) is 60.4 Å². The van der Waals surface area contributed by atoms with E-state index in [1.807, 2.05) is 4.40 Å². The Hall–Kier alpha value is -2.73. The van der Waals surface area contributed by atoms with Gasteiger partial charge in [-0.2, -0.15) is 0 Å². The summed E-state index contributed by atoms with van der Waals surface area (Å²) in [6.45, 7) is 2.05. The molecule has 0 radical (unpaired) electrons. The molecule has 0 saturated carbocycles. The minimum Gasteiger partial charge on any atom is -0.283 e. The summed E-state index contributed by atoms with van der Waals surface area (Å²) in [7, 11) is 0. The second-order valence-corrected chi connectivity index (χ2v) is 5.98. The summed E-state index contributed by atoms with van der Waals surface area (Å²) in [4.78, 5) is 15.8. The number of nitrogens with zero attached hydrogens (tertiary/aromatic N) is 3. The highest BCUT2D eigenvalue weighted by Crippen LogP contribution is 2.31. The van der Waals surface area contributed by atoms with Crippen molar-refractivity contribution in [2.45, 2.75) is 6.92 Å². The van der Waals surface area contributed by atoms with Crippen LogP contribution in [0.5, 0.6) is 0 Å². The number of aromatic nitrogens is 2. The van der Waals surface area contributed by atoms with Crippen LogP contribution in [0.15, 0.2) is 47.8 Å². The van der Waals surface area contributed by atoms with Gasteiger partial charge in [-0.25, -0.2) is 4.98 Å². The first-order valence-electron chi connectivity index (χ1n) is 6.74. The maximum Gasteiger partial charge on any atom is 0.271 e. The molecule has 2 heterocycles. The van der Waals surface area contributed by atoms with Gasteiger partial charge in [-0.1, -0.05) is 29.8 Å². The minimum absolute atomic E-state index is 0.0649. The maximum atomic E-state index is 10.9. The zero-order valence-electron chi connectivity index (χ0n) is 11.7. The van der Waals surface area contributed by atoms with Crippen molar-refractivity contribution in [1.82, 2.24) is 9.38 Å². The van der Waals surface area contributed by atoms with Crippen LogP contribution in [-0.2, 0) is 0 Å². The molecule has 0 aliphatic heterocycles. The molecule has 0 bridgehead atoms. The number of hydrogen-bond acceptors (Lipinski definition) is 4. The van der Waals surface area contributed by atoms with Crippen molar-refractivity contribution in [2.24, 2.45) is 0 Å². The van der Waals surface area contributed by atoms with E-state index in [1.54, 1.807) is 6.07 Å². The molecular weight excluding hydrogens is 298 g/mol. The molecule has 2 aromatic heterocycles. The van der Waals surface area contributed by atoms with Crippen molar-refractivity contribution in [2.75, 3.05) is 0 Å². The molecule has 0 saturated heterocycles. The van der Waals surface area contributed by atoms with Gasteiger partial charge in [0.15, 0.2) is 4.96 Å². The lowest BCUT2D eigenvalue weighted by Gasteiger charge is -2.02. The van der Waals surface area contributed by atoms with E-state index in [-0.39, 0.29) is 5.69 Å². The molecule has 0 atom stereocenters. The van der Waals surface area contributed by atoms with Crippen LogP contribution in [-0.4, -0.2) is 14.3 Å². The Balaban J connectivity index is 1.99. The quantitative estimate of drug-likeness (QED) is 0.406. The van der Waals surface area contributed by atoms with E-state index in [0.29, 0.717) is 5.52 Å². The van der Waals surface area contributed by atoms with Crippen LogP contribution in [0.25, 0.3) is 27.3 Å². The maximum absolute atomic E-state index is 10.9. The van der Waals surface area contributed by atoms with Crippen molar-refractivity contribution >= 4 is 33.0 Å². The summed E-state index contributed by atoms with van der Waals surface area (Å²) in [5.41, 5.74) is 4.97. The summed E-state index contributed by atoms with van der Waals surface area (Å²) in [5, 5.41) is 13.0.